The summed E-state index contributed by atoms with van der Waals surface area (Å²) < 4.78 is 0. The quantitative estimate of drug-likeness (QED) is 0.740. The van der Waals surface area contributed by atoms with Crippen molar-refractivity contribution in [1.82, 2.24) is 4.98 Å². The maximum Gasteiger partial charge on any atom is 0.131 e. The van der Waals surface area contributed by atoms with Crippen molar-refractivity contribution in [2.45, 2.75) is 25.8 Å². The maximum absolute atomic E-state index is 8.81. The molecule has 4 heteroatoms. The summed E-state index contributed by atoms with van der Waals surface area (Å²) in [5.41, 5.74) is 0. The first-order chi connectivity index (χ1) is 6.76. The fourth-order valence-electron chi connectivity index (χ4n) is 1.23. The van der Waals surface area contributed by atoms with E-state index in [0.717, 1.165) is 18.7 Å². The van der Waals surface area contributed by atoms with E-state index in [9.17, 15) is 0 Å². The van der Waals surface area contributed by atoms with Crippen LogP contribution < -0.4 is 5.32 Å². The van der Waals surface area contributed by atoms with Crippen molar-refractivity contribution in [2.24, 2.45) is 0 Å². The van der Waals surface area contributed by atoms with Gasteiger partial charge in [-0.1, -0.05) is 24.6 Å². The van der Waals surface area contributed by atoms with Crippen LogP contribution in [0, 0.1) is 0 Å². The fourth-order valence-corrected chi connectivity index (χ4v) is 1.40. The van der Waals surface area contributed by atoms with Crippen LogP contribution in [0.1, 0.15) is 19.8 Å². The van der Waals surface area contributed by atoms with Crippen molar-refractivity contribution in [3.63, 3.8) is 0 Å². The Hall–Kier alpha value is -0.800. The second-order valence-electron chi connectivity index (χ2n) is 3.11. The van der Waals surface area contributed by atoms with Gasteiger partial charge in [0.15, 0.2) is 0 Å². The van der Waals surface area contributed by atoms with Crippen LogP contribution in [0.25, 0.3) is 0 Å². The van der Waals surface area contributed by atoms with Crippen molar-refractivity contribution >= 4 is 17.4 Å². The van der Waals surface area contributed by atoms with Crippen LogP contribution in [-0.2, 0) is 0 Å². The minimum atomic E-state index is 0.187. The minimum absolute atomic E-state index is 0.187. The summed E-state index contributed by atoms with van der Waals surface area (Å²) in [6.07, 6.45) is 1.68. The van der Waals surface area contributed by atoms with E-state index in [0.29, 0.717) is 5.15 Å². The van der Waals surface area contributed by atoms with Crippen LogP contribution in [0.5, 0.6) is 0 Å². The largest absolute Gasteiger partial charge is 0.396 e. The van der Waals surface area contributed by atoms with Gasteiger partial charge in [-0.15, -0.1) is 0 Å². The zero-order chi connectivity index (χ0) is 10.4. The molecular formula is C10H15ClN2O. The maximum atomic E-state index is 8.81. The van der Waals surface area contributed by atoms with Crippen molar-refractivity contribution in [2.75, 3.05) is 11.9 Å². The molecule has 1 rings (SSSR count). The third kappa shape index (κ3) is 3.52. The van der Waals surface area contributed by atoms with Gasteiger partial charge in [0.2, 0.25) is 0 Å². The van der Waals surface area contributed by atoms with Crippen LogP contribution in [0.2, 0.25) is 5.15 Å². The molecule has 0 bridgehead atoms. The van der Waals surface area contributed by atoms with Crippen molar-refractivity contribution in [3.8, 4) is 0 Å². The van der Waals surface area contributed by atoms with Gasteiger partial charge in [0, 0.05) is 12.6 Å². The summed E-state index contributed by atoms with van der Waals surface area (Å²) in [6.45, 7) is 2.25. The highest BCUT2D eigenvalue weighted by molar-refractivity contribution is 6.29. The number of aliphatic hydroxyl groups is 1. The summed E-state index contributed by atoms with van der Waals surface area (Å²) in [5.74, 6) is 0.762. The van der Waals surface area contributed by atoms with Crippen LogP contribution in [0.4, 0.5) is 5.82 Å². The Balaban J connectivity index is 2.57. The molecule has 14 heavy (non-hydrogen) atoms. The molecular weight excluding hydrogens is 200 g/mol. The zero-order valence-electron chi connectivity index (χ0n) is 8.20. The first-order valence-electron chi connectivity index (χ1n) is 4.76. The average Bonchev–Trinajstić information content (AvgIpc) is 2.17. The van der Waals surface area contributed by atoms with Gasteiger partial charge >= 0.3 is 0 Å². The van der Waals surface area contributed by atoms with Gasteiger partial charge < -0.3 is 10.4 Å². The lowest BCUT2D eigenvalue weighted by Crippen LogP contribution is -2.20. The molecule has 0 radical (unpaired) electrons. The van der Waals surface area contributed by atoms with Crippen molar-refractivity contribution in [3.05, 3.63) is 23.4 Å². The number of halogens is 1. The third-order valence-electron chi connectivity index (χ3n) is 2.04. The molecule has 1 heterocycles. The molecule has 0 aromatic carbocycles. The summed E-state index contributed by atoms with van der Waals surface area (Å²) >= 11 is 5.75. The van der Waals surface area contributed by atoms with Gasteiger partial charge in [0.1, 0.15) is 11.0 Å². The first kappa shape index (κ1) is 11.3. The molecule has 0 aliphatic rings. The number of aromatic nitrogens is 1. The number of anilines is 1. The summed E-state index contributed by atoms with van der Waals surface area (Å²) in [5, 5.41) is 12.5. The van der Waals surface area contributed by atoms with Gasteiger partial charge in [-0.2, -0.15) is 0 Å². The lowest BCUT2D eigenvalue weighted by atomic mass is 10.1. The molecule has 0 saturated heterocycles. The molecule has 1 aromatic heterocycles. The van der Waals surface area contributed by atoms with Crippen molar-refractivity contribution in [1.29, 1.82) is 0 Å². The molecule has 78 valence electrons. The smallest absolute Gasteiger partial charge is 0.131 e. The SMILES string of the molecule is CCC(CCO)Nc1cccc(Cl)n1. The highest BCUT2D eigenvalue weighted by atomic mass is 35.5. The average molecular weight is 215 g/mol. The van der Waals surface area contributed by atoms with Crippen molar-refractivity contribution < 1.29 is 5.11 Å². The number of pyridine rings is 1. The van der Waals surface area contributed by atoms with E-state index in [1.807, 2.05) is 12.1 Å². The van der Waals surface area contributed by atoms with E-state index >= 15 is 0 Å². The Kier molecular flexibility index (Phi) is 4.70. The topological polar surface area (TPSA) is 45.1 Å². The predicted molar refractivity (Wildman–Crippen MR) is 58.7 cm³/mol. The predicted octanol–water partition coefficient (Wildman–Crippen LogP) is 2.31. The lowest BCUT2D eigenvalue weighted by Gasteiger charge is -2.16. The molecule has 0 spiro atoms. The van der Waals surface area contributed by atoms with Crippen LogP contribution in [-0.4, -0.2) is 22.7 Å². The Morgan fingerprint density at radius 3 is 2.93 bits per heavy atom. The van der Waals surface area contributed by atoms with Gasteiger partial charge in [0.05, 0.1) is 0 Å². The molecule has 0 aliphatic carbocycles. The van der Waals surface area contributed by atoms with E-state index < -0.39 is 0 Å². The van der Waals surface area contributed by atoms with Crippen LogP contribution in [0.15, 0.2) is 18.2 Å². The molecule has 0 amide bonds. The van der Waals surface area contributed by atoms with E-state index in [-0.39, 0.29) is 12.6 Å². The van der Waals surface area contributed by atoms with Gasteiger partial charge in [-0.25, -0.2) is 4.98 Å². The molecule has 0 saturated carbocycles. The summed E-state index contributed by atoms with van der Waals surface area (Å²) in [4.78, 5) is 4.12. The van der Waals surface area contributed by atoms with Crippen LogP contribution >= 0.6 is 11.6 Å². The summed E-state index contributed by atoms with van der Waals surface area (Å²) in [6, 6.07) is 5.71. The van der Waals surface area contributed by atoms with E-state index in [4.69, 9.17) is 16.7 Å². The fraction of sp³-hybridized carbons (Fsp3) is 0.500. The Morgan fingerprint density at radius 1 is 1.57 bits per heavy atom. The second-order valence-corrected chi connectivity index (χ2v) is 3.49. The Bertz CT molecular complexity index is 281. The van der Waals surface area contributed by atoms with Gasteiger partial charge in [-0.3, -0.25) is 0 Å². The monoisotopic (exact) mass is 214 g/mol. The number of aliphatic hydroxyl groups excluding tert-OH is 1. The third-order valence-corrected chi connectivity index (χ3v) is 2.25. The highest BCUT2D eigenvalue weighted by Gasteiger charge is 2.05. The lowest BCUT2D eigenvalue weighted by molar-refractivity contribution is 0.278. The zero-order valence-corrected chi connectivity index (χ0v) is 8.96. The number of nitrogens with one attached hydrogen (secondary N) is 1. The second kappa shape index (κ2) is 5.83. The molecule has 1 atom stereocenters. The first-order valence-corrected chi connectivity index (χ1v) is 5.14. The molecule has 1 unspecified atom stereocenters. The van der Waals surface area contributed by atoms with E-state index in [2.05, 4.69) is 17.2 Å². The Morgan fingerprint density at radius 2 is 2.36 bits per heavy atom. The van der Waals surface area contributed by atoms with Crippen LogP contribution in [0.3, 0.4) is 0 Å². The minimum Gasteiger partial charge on any atom is -0.396 e. The van der Waals surface area contributed by atoms with E-state index in [1.54, 1.807) is 6.07 Å². The summed E-state index contributed by atoms with van der Waals surface area (Å²) in [7, 11) is 0. The van der Waals surface area contributed by atoms with Gasteiger partial charge in [0.25, 0.3) is 0 Å². The standard InChI is InChI=1S/C10H15ClN2O/c1-2-8(6-7-14)12-10-5-3-4-9(11)13-10/h3-5,8,14H,2,6-7H2,1H3,(H,12,13). The normalized spacial score (nSPS) is 12.5. The number of nitrogens with zero attached hydrogens (tertiary/aromatic N) is 1. The molecule has 3 nitrogen and oxygen atoms in total. The number of hydrogen-bond donors (Lipinski definition) is 2. The number of rotatable bonds is 5. The molecule has 2 N–H and O–H groups in total. The Labute approximate surface area is 89.1 Å². The number of hydrogen-bond acceptors (Lipinski definition) is 3. The molecule has 0 fully saturated rings. The van der Waals surface area contributed by atoms with Gasteiger partial charge in [-0.05, 0) is 25.0 Å². The highest BCUT2D eigenvalue weighted by Crippen LogP contribution is 2.12. The molecule has 1 aromatic rings. The van der Waals surface area contributed by atoms with E-state index in [1.165, 1.54) is 0 Å². The molecule has 0 aliphatic heterocycles.